The lowest BCUT2D eigenvalue weighted by molar-refractivity contribution is 0.102. The van der Waals surface area contributed by atoms with E-state index in [-0.39, 0.29) is 11.0 Å². The quantitative estimate of drug-likeness (QED) is 0.885. The average molecular weight is 332 g/mol. The molecule has 5 nitrogen and oxygen atoms in total. The Morgan fingerprint density at radius 3 is 2.48 bits per heavy atom. The molecule has 122 valence electrons. The summed E-state index contributed by atoms with van der Waals surface area (Å²) in [6.45, 7) is 7.48. The number of anilines is 1. The van der Waals surface area contributed by atoms with Crippen molar-refractivity contribution in [1.82, 2.24) is 5.32 Å². The lowest BCUT2D eigenvalue weighted by atomic mass is 10.1. The van der Waals surface area contributed by atoms with Crippen LogP contribution in [0.3, 0.4) is 0 Å². The molecule has 23 heavy (non-hydrogen) atoms. The Morgan fingerprint density at radius 2 is 1.83 bits per heavy atom. The van der Waals surface area contributed by atoms with Gasteiger partial charge in [0, 0.05) is 11.2 Å². The zero-order valence-corrected chi connectivity index (χ0v) is 14.4. The number of ether oxygens (including phenoxy) is 1. The minimum absolute atomic E-state index is 0.276. The SMILES string of the molecule is Cc1ccccc1NC(=O)c1ccsc1OC(=O)NC(C)(C)C. The number of carbonyl (C=O) groups is 2. The van der Waals surface area contributed by atoms with Crippen molar-refractivity contribution in [2.75, 3.05) is 5.32 Å². The van der Waals surface area contributed by atoms with Gasteiger partial charge < -0.3 is 15.4 Å². The lowest BCUT2D eigenvalue weighted by Gasteiger charge is -2.19. The summed E-state index contributed by atoms with van der Waals surface area (Å²) in [6.07, 6.45) is -0.579. The second-order valence-corrected chi connectivity index (χ2v) is 7.03. The van der Waals surface area contributed by atoms with Gasteiger partial charge in [-0.05, 0) is 50.8 Å². The van der Waals surface area contributed by atoms with Crippen molar-refractivity contribution in [2.24, 2.45) is 0 Å². The molecule has 0 radical (unpaired) electrons. The lowest BCUT2D eigenvalue weighted by Crippen LogP contribution is -2.42. The molecule has 0 aliphatic heterocycles. The van der Waals surface area contributed by atoms with Crippen molar-refractivity contribution in [3.8, 4) is 5.06 Å². The minimum atomic E-state index is -0.579. The Hall–Kier alpha value is -2.34. The van der Waals surface area contributed by atoms with Crippen LogP contribution in [0.15, 0.2) is 35.7 Å². The van der Waals surface area contributed by atoms with Gasteiger partial charge in [0.1, 0.15) is 0 Å². The number of hydrogen-bond donors (Lipinski definition) is 2. The van der Waals surface area contributed by atoms with E-state index in [1.807, 2.05) is 52.0 Å². The highest BCUT2D eigenvalue weighted by molar-refractivity contribution is 7.12. The first-order valence-electron chi connectivity index (χ1n) is 7.21. The van der Waals surface area contributed by atoms with Crippen molar-refractivity contribution >= 4 is 29.0 Å². The van der Waals surface area contributed by atoms with Gasteiger partial charge in [-0.3, -0.25) is 4.79 Å². The molecule has 2 N–H and O–H groups in total. The maximum atomic E-state index is 12.4. The number of aryl methyl sites for hydroxylation is 1. The Labute approximate surface area is 139 Å². The van der Waals surface area contributed by atoms with Crippen LogP contribution >= 0.6 is 11.3 Å². The molecule has 0 spiro atoms. The van der Waals surface area contributed by atoms with Gasteiger partial charge in [-0.25, -0.2) is 4.79 Å². The number of rotatable bonds is 3. The van der Waals surface area contributed by atoms with E-state index < -0.39 is 11.6 Å². The van der Waals surface area contributed by atoms with Gasteiger partial charge in [-0.2, -0.15) is 0 Å². The summed E-state index contributed by atoms with van der Waals surface area (Å²) in [5, 5.41) is 7.52. The number of para-hydroxylation sites is 1. The number of thiophene rings is 1. The number of benzene rings is 1. The largest absolute Gasteiger partial charge is 0.413 e. The van der Waals surface area contributed by atoms with Crippen molar-refractivity contribution < 1.29 is 14.3 Å². The third-order valence-corrected chi connectivity index (χ3v) is 3.72. The van der Waals surface area contributed by atoms with Crippen LogP contribution in [-0.2, 0) is 0 Å². The Balaban J connectivity index is 2.10. The summed E-state index contributed by atoms with van der Waals surface area (Å²) >= 11 is 1.20. The summed E-state index contributed by atoms with van der Waals surface area (Å²) in [5.41, 5.74) is 1.62. The average Bonchev–Trinajstić information content (AvgIpc) is 2.87. The topological polar surface area (TPSA) is 67.4 Å². The molecule has 1 heterocycles. The van der Waals surface area contributed by atoms with Gasteiger partial charge in [0.2, 0.25) is 0 Å². The first-order valence-corrected chi connectivity index (χ1v) is 8.09. The number of hydrogen-bond acceptors (Lipinski definition) is 4. The summed E-state index contributed by atoms with van der Waals surface area (Å²) in [6, 6.07) is 9.13. The molecule has 0 saturated heterocycles. The second kappa shape index (κ2) is 6.83. The Kier molecular flexibility index (Phi) is 5.05. The van der Waals surface area contributed by atoms with Gasteiger partial charge >= 0.3 is 6.09 Å². The maximum Gasteiger partial charge on any atom is 0.413 e. The predicted octanol–water partition coefficient (Wildman–Crippen LogP) is 4.20. The zero-order valence-electron chi connectivity index (χ0n) is 13.6. The van der Waals surface area contributed by atoms with E-state index >= 15 is 0 Å². The fraction of sp³-hybridized carbons (Fsp3) is 0.294. The summed E-state index contributed by atoms with van der Waals surface area (Å²) in [5.74, 6) is -0.306. The number of amides is 2. The van der Waals surface area contributed by atoms with E-state index in [0.717, 1.165) is 11.3 Å². The molecule has 0 unspecified atom stereocenters. The molecule has 2 amide bonds. The monoisotopic (exact) mass is 332 g/mol. The van der Waals surface area contributed by atoms with Gasteiger partial charge in [0.05, 0.1) is 5.56 Å². The predicted molar refractivity (Wildman–Crippen MR) is 92.4 cm³/mol. The fourth-order valence-electron chi connectivity index (χ4n) is 1.86. The van der Waals surface area contributed by atoms with E-state index in [0.29, 0.717) is 5.56 Å². The van der Waals surface area contributed by atoms with Crippen LogP contribution in [0.2, 0.25) is 0 Å². The van der Waals surface area contributed by atoms with E-state index in [1.165, 1.54) is 11.3 Å². The maximum absolute atomic E-state index is 12.4. The highest BCUT2D eigenvalue weighted by Crippen LogP contribution is 2.27. The Morgan fingerprint density at radius 1 is 1.13 bits per heavy atom. The molecule has 0 bridgehead atoms. The van der Waals surface area contributed by atoms with Gasteiger partial charge in [0.25, 0.3) is 5.91 Å². The highest BCUT2D eigenvalue weighted by atomic mass is 32.1. The molecule has 0 fully saturated rings. The molecule has 0 aliphatic rings. The number of nitrogens with one attached hydrogen (secondary N) is 2. The molecular weight excluding hydrogens is 312 g/mol. The highest BCUT2D eigenvalue weighted by Gasteiger charge is 2.20. The standard InChI is InChI=1S/C17H20N2O3S/c1-11-7-5-6-8-13(11)18-14(20)12-9-10-23-15(12)22-16(21)19-17(2,3)4/h5-10H,1-4H3,(H,18,20)(H,19,21). The first kappa shape index (κ1) is 17.0. The van der Waals surface area contributed by atoms with Crippen molar-refractivity contribution in [2.45, 2.75) is 33.2 Å². The molecule has 2 aromatic rings. The molecule has 0 atom stereocenters. The van der Waals surface area contributed by atoms with Crippen LogP contribution in [0.1, 0.15) is 36.7 Å². The second-order valence-electron chi connectivity index (χ2n) is 6.16. The van der Waals surface area contributed by atoms with Gasteiger partial charge in [-0.15, -0.1) is 11.3 Å². The van der Waals surface area contributed by atoms with E-state index in [2.05, 4.69) is 10.6 Å². The van der Waals surface area contributed by atoms with Crippen LogP contribution in [-0.4, -0.2) is 17.5 Å². The Bertz CT molecular complexity index is 717. The van der Waals surface area contributed by atoms with Gasteiger partial charge in [0.15, 0.2) is 5.06 Å². The molecule has 0 saturated carbocycles. The van der Waals surface area contributed by atoms with Crippen LogP contribution in [0.25, 0.3) is 0 Å². The smallest absolute Gasteiger partial charge is 0.398 e. The van der Waals surface area contributed by atoms with Crippen molar-refractivity contribution in [3.05, 3.63) is 46.8 Å². The van der Waals surface area contributed by atoms with Crippen LogP contribution in [0, 0.1) is 6.92 Å². The zero-order chi connectivity index (χ0) is 17.0. The summed E-state index contributed by atoms with van der Waals surface area (Å²) in [4.78, 5) is 24.3. The first-order chi connectivity index (χ1) is 10.8. The molecule has 1 aromatic carbocycles. The minimum Gasteiger partial charge on any atom is -0.398 e. The van der Waals surface area contributed by atoms with Crippen LogP contribution in [0.4, 0.5) is 10.5 Å². The van der Waals surface area contributed by atoms with Crippen LogP contribution < -0.4 is 15.4 Å². The third kappa shape index (κ3) is 4.82. The third-order valence-electron chi connectivity index (χ3n) is 2.93. The van der Waals surface area contributed by atoms with E-state index in [4.69, 9.17) is 4.74 Å². The van der Waals surface area contributed by atoms with Gasteiger partial charge in [-0.1, -0.05) is 18.2 Å². The molecule has 6 heteroatoms. The fourth-order valence-corrected chi connectivity index (χ4v) is 2.60. The molecular formula is C17H20N2O3S. The van der Waals surface area contributed by atoms with E-state index in [9.17, 15) is 9.59 Å². The van der Waals surface area contributed by atoms with Crippen molar-refractivity contribution in [3.63, 3.8) is 0 Å². The summed E-state index contributed by atoms with van der Waals surface area (Å²) in [7, 11) is 0. The summed E-state index contributed by atoms with van der Waals surface area (Å²) < 4.78 is 5.26. The number of carbonyl (C=O) groups excluding carboxylic acids is 2. The van der Waals surface area contributed by atoms with Crippen LogP contribution in [0.5, 0.6) is 5.06 Å². The molecule has 0 aliphatic carbocycles. The van der Waals surface area contributed by atoms with E-state index in [1.54, 1.807) is 11.4 Å². The normalized spacial score (nSPS) is 11.0. The van der Waals surface area contributed by atoms with Crippen molar-refractivity contribution in [1.29, 1.82) is 0 Å². The molecule has 2 rings (SSSR count). The molecule has 1 aromatic heterocycles.